The Bertz CT molecular complexity index is 521. The van der Waals surface area contributed by atoms with Crippen LogP contribution >= 0.6 is 11.8 Å². The van der Waals surface area contributed by atoms with E-state index in [9.17, 15) is 4.79 Å². The van der Waals surface area contributed by atoms with Gasteiger partial charge in [-0.25, -0.2) is 0 Å². The van der Waals surface area contributed by atoms with Crippen molar-refractivity contribution < 1.29 is 4.42 Å². The van der Waals surface area contributed by atoms with Gasteiger partial charge in [-0.15, -0.1) is 0 Å². The van der Waals surface area contributed by atoms with Gasteiger partial charge in [0.05, 0.1) is 5.56 Å². The second-order valence-electron chi connectivity index (χ2n) is 4.40. The highest BCUT2D eigenvalue weighted by atomic mass is 32.2. The van der Waals surface area contributed by atoms with Crippen LogP contribution in [-0.2, 0) is 0 Å². The van der Waals surface area contributed by atoms with Crippen molar-refractivity contribution in [2.75, 3.05) is 6.26 Å². The van der Waals surface area contributed by atoms with E-state index in [0.717, 1.165) is 0 Å². The molecule has 0 fully saturated rings. The highest BCUT2D eigenvalue weighted by Crippen LogP contribution is 2.27. The molecule has 2 nitrogen and oxygen atoms in total. The minimum Gasteiger partial charge on any atom is -0.450 e. The quantitative estimate of drug-likeness (QED) is 0.697. The van der Waals surface area contributed by atoms with E-state index in [0.29, 0.717) is 16.4 Å². The zero-order valence-corrected chi connectivity index (χ0v) is 10.4. The maximum atomic E-state index is 11.8. The summed E-state index contributed by atoms with van der Waals surface area (Å²) in [4.78, 5) is 11.8. The molecule has 16 heavy (non-hydrogen) atoms. The molecule has 1 aromatic rings. The van der Waals surface area contributed by atoms with Crippen molar-refractivity contribution in [3.05, 3.63) is 39.8 Å². The summed E-state index contributed by atoms with van der Waals surface area (Å²) in [5, 5.41) is 0.654. The molecule has 1 aromatic heterocycles. The number of allylic oxidation sites excluding steroid dienone is 2. The van der Waals surface area contributed by atoms with Crippen LogP contribution in [0.2, 0.25) is 0 Å². The van der Waals surface area contributed by atoms with Crippen LogP contribution in [-0.4, -0.2) is 6.26 Å². The first-order valence-corrected chi connectivity index (χ1v) is 6.35. The Morgan fingerprint density at radius 1 is 1.25 bits per heavy atom. The van der Waals surface area contributed by atoms with Crippen LogP contribution in [0.1, 0.15) is 25.2 Å². The van der Waals surface area contributed by atoms with Crippen LogP contribution in [0.15, 0.2) is 32.5 Å². The van der Waals surface area contributed by atoms with Crippen molar-refractivity contribution >= 4 is 23.9 Å². The first-order valence-electron chi connectivity index (χ1n) is 5.12. The van der Waals surface area contributed by atoms with E-state index in [-0.39, 0.29) is 10.8 Å². The standard InChI is InChI=1S/C13H14O2S/c1-13(2)6-4-9-10(14)8-12(16-3)15-11(9)5-7-13/h4-8H,1-3H3. The van der Waals surface area contributed by atoms with Crippen molar-refractivity contribution in [1.29, 1.82) is 0 Å². The van der Waals surface area contributed by atoms with Gasteiger partial charge in [0.25, 0.3) is 0 Å². The second-order valence-corrected chi connectivity index (χ2v) is 5.21. The van der Waals surface area contributed by atoms with E-state index >= 15 is 0 Å². The molecular formula is C13H14O2S. The van der Waals surface area contributed by atoms with E-state index in [1.54, 1.807) is 6.07 Å². The summed E-state index contributed by atoms with van der Waals surface area (Å²) < 4.78 is 5.63. The van der Waals surface area contributed by atoms with Gasteiger partial charge in [0.15, 0.2) is 10.5 Å². The van der Waals surface area contributed by atoms with Crippen LogP contribution in [0.5, 0.6) is 0 Å². The Balaban J connectivity index is 2.63. The molecule has 0 spiro atoms. The average molecular weight is 234 g/mol. The summed E-state index contributed by atoms with van der Waals surface area (Å²) in [7, 11) is 0. The molecule has 0 radical (unpaired) electrons. The van der Waals surface area contributed by atoms with E-state index in [1.165, 1.54) is 11.8 Å². The van der Waals surface area contributed by atoms with Gasteiger partial charge in [-0.05, 0) is 12.3 Å². The van der Waals surface area contributed by atoms with E-state index < -0.39 is 0 Å². The number of thioether (sulfide) groups is 1. The molecule has 0 unspecified atom stereocenters. The molecular weight excluding hydrogens is 220 g/mol. The molecule has 0 amide bonds. The molecule has 84 valence electrons. The van der Waals surface area contributed by atoms with E-state index in [4.69, 9.17) is 4.42 Å². The van der Waals surface area contributed by atoms with Gasteiger partial charge in [-0.2, -0.15) is 0 Å². The van der Waals surface area contributed by atoms with Crippen LogP contribution in [0.3, 0.4) is 0 Å². The molecule has 3 heteroatoms. The molecule has 0 atom stereocenters. The smallest absolute Gasteiger partial charge is 0.193 e. The van der Waals surface area contributed by atoms with E-state index in [1.807, 2.05) is 30.6 Å². The lowest BCUT2D eigenvalue weighted by Gasteiger charge is -2.11. The zero-order chi connectivity index (χ0) is 11.8. The predicted molar refractivity (Wildman–Crippen MR) is 68.6 cm³/mol. The van der Waals surface area contributed by atoms with Gasteiger partial charge in [0, 0.05) is 11.5 Å². The molecule has 1 aliphatic carbocycles. The summed E-state index contributed by atoms with van der Waals surface area (Å²) in [6.45, 7) is 4.18. The number of hydrogen-bond acceptors (Lipinski definition) is 3. The maximum Gasteiger partial charge on any atom is 0.193 e. The molecule has 1 aliphatic rings. The average Bonchev–Trinajstić information content (AvgIpc) is 2.38. The highest BCUT2D eigenvalue weighted by Gasteiger charge is 2.16. The Kier molecular flexibility index (Phi) is 2.80. The molecule has 0 saturated heterocycles. The monoisotopic (exact) mass is 234 g/mol. The topological polar surface area (TPSA) is 30.2 Å². The lowest BCUT2D eigenvalue weighted by atomic mass is 9.93. The Morgan fingerprint density at radius 3 is 2.62 bits per heavy atom. The second kappa shape index (κ2) is 3.98. The zero-order valence-electron chi connectivity index (χ0n) is 9.61. The van der Waals surface area contributed by atoms with Crippen LogP contribution in [0.25, 0.3) is 12.2 Å². The first-order chi connectivity index (χ1) is 7.52. The summed E-state index contributed by atoms with van der Waals surface area (Å²) in [6.07, 6.45) is 9.69. The normalized spacial score (nSPS) is 16.9. The van der Waals surface area contributed by atoms with Crippen LogP contribution < -0.4 is 5.43 Å². The highest BCUT2D eigenvalue weighted by molar-refractivity contribution is 7.98. The molecule has 0 bridgehead atoms. The van der Waals surface area contributed by atoms with Crippen molar-refractivity contribution in [1.82, 2.24) is 0 Å². The summed E-state index contributed by atoms with van der Waals surface area (Å²) in [6, 6.07) is 1.54. The summed E-state index contributed by atoms with van der Waals surface area (Å²) >= 11 is 1.44. The summed E-state index contributed by atoms with van der Waals surface area (Å²) in [5.74, 6) is 0.652. The summed E-state index contributed by atoms with van der Waals surface area (Å²) in [5.41, 5.74) is 0.615. The lowest BCUT2D eigenvalue weighted by Crippen LogP contribution is -2.05. The fraction of sp³-hybridized carbons (Fsp3) is 0.308. The molecule has 1 heterocycles. The predicted octanol–water partition coefficient (Wildman–Crippen LogP) is 3.43. The third-order valence-electron chi connectivity index (χ3n) is 2.54. The molecule has 0 aliphatic heterocycles. The fourth-order valence-electron chi connectivity index (χ4n) is 1.53. The maximum absolute atomic E-state index is 11.8. The minimum absolute atomic E-state index is 0.0178. The van der Waals surface area contributed by atoms with Crippen molar-refractivity contribution in [2.45, 2.75) is 18.9 Å². The lowest BCUT2D eigenvalue weighted by molar-refractivity contribution is 0.444. The largest absolute Gasteiger partial charge is 0.450 e. The number of hydrogen-bond donors (Lipinski definition) is 0. The van der Waals surface area contributed by atoms with Crippen LogP contribution in [0, 0.1) is 5.41 Å². The van der Waals surface area contributed by atoms with Gasteiger partial charge in [-0.1, -0.05) is 43.8 Å². The first kappa shape index (κ1) is 11.3. The number of fused-ring (bicyclic) bond motifs is 1. The molecule has 2 rings (SSSR count). The minimum atomic E-state index is -0.0412. The van der Waals surface area contributed by atoms with Crippen LogP contribution in [0.4, 0.5) is 0 Å². The molecule has 0 aromatic carbocycles. The molecule has 0 saturated carbocycles. The van der Waals surface area contributed by atoms with Gasteiger partial charge in [-0.3, -0.25) is 4.79 Å². The SMILES string of the molecule is CSc1cc(=O)c2c(o1)C=CC(C)(C)C=C2. The van der Waals surface area contributed by atoms with Gasteiger partial charge >= 0.3 is 0 Å². The Morgan fingerprint density at radius 2 is 1.94 bits per heavy atom. The van der Waals surface area contributed by atoms with E-state index in [2.05, 4.69) is 13.8 Å². The third kappa shape index (κ3) is 2.14. The Labute approximate surface area is 99.1 Å². The Hall–Kier alpha value is -1.22. The van der Waals surface area contributed by atoms with Crippen molar-refractivity contribution in [3.63, 3.8) is 0 Å². The third-order valence-corrected chi connectivity index (χ3v) is 3.14. The van der Waals surface area contributed by atoms with Crippen molar-refractivity contribution in [3.8, 4) is 0 Å². The number of rotatable bonds is 1. The van der Waals surface area contributed by atoms with Gasteiger partial charge < -0.3 is 4.42 Å². The van der Waals surface area contributed by atoms with Gasteiger partial charge in [0.1, 0.15) is 5.76 Å². The van der Waals surface area contributed by atoms with Crippen molar-refractivity contribution in [2.24, 2.45) is 5.41 Å². The molecule has 0 N–H and O–H groups in total. The van der Waals surface area contributed by atoms with Gasteiger partial charge in [0.2, 0.25) is 0 Å². The fourth-order valence-corrected chi connectivity index (χ4v) is 1.93.